The summed E-state index contributed by atoms with van der Waals surface area (Å²) >= 11 is 1.74. The summed E-state index contributed by atoms with van der Waals surface area (Å²) in [6.45, 7) is 3.00. The van der Waals surface area contributed by atoms with Crippen molar-refractivity contribution >= 4 is 38.4 Å². The van der Waals surface area contributed by atoms with E-state index < -0.39 is 0 Å². The van der Waals surface area contributed by atoms with Crippen molar-refractivity contribution in [3.63, 3.8) is 0 Å². The predicted molar refractivity (Wildman–Crippen MR) is 74.3 cm³/mol. The van der Waals surface area contributed by atoms with E-state index in [-0.39, 0.29) is 5.97 Å². The molecular weight excluding hydrogens is 246 g/mol. The van der Waals surface area contributed by atoms with Gasteiger partial charge >= 0.3 is 5.97 Å². The van der Waals surface area contributed by atoms with Crippen molar-refractivity contribution in [3.8, 4) is 0 Å². The van der Waals surface area contributed by atoms with E-state index in [0.29, 0.717) is 5.56 Å². The monoisotopic (exact) mass is 259 g/mol. The molecule has 0 aliphatic carbocycles. The number of esters is 1. The first-order chi connectivity index (χ1) is 8.76. The Hall–Kier alpha value is -1.81. The molecule has 18 heavy (non-hydrogen) atoms. The molecule has 0 bridgehead atoms. The Morgan fingerprint density at radius 2 is 2.17 bits per heavy atom. The topological polar surface area (TPSA) is 31.2 Å². The van der Waals surface area contributed by atoms with Gasteiger partial charge in [-0.3, -0.25) is 0 Å². The van der Waals surface area contributed by atoms with E-state index in [1.807, 2.05) is 18.2 Å². The quantitative estimate of drug-likeness (QED) is 0.658. The van der Waals surface area contributed by atoms with Gasteiger partial charge < -0.3 is 9.30 Å². The Bertz CT molecular complexity index is 739. The molecule has 2 aromatic heterocycles. The molecule has 4 heteroatoms. The molecule has 0 atom stereocenters. The van der Waals surface area contributed by atoms with Gasteiger partial charge in [-0.1, -0.05) is 6.07 Å². The van der Waals surface area contributed by atoms with Gasteiger partial charge in [-0.2, -0.15) is 0 Å². The number of carbonyl (C=O) groups is 1. The van der Waals surface area contributed by atoms with Crippen molar-refractivity contribution in [2.75, 3.05) is 7.11 Å². The highest BCUT2D eigenvalue weighted by Gasteiger charge is 2.13. The number of nitrogens with zero attached hydrogens (tertiary/aromatic N) is 1. The largest absolute Gasteiger partial charge is 0.465 e. The van der Waals surface area contributed by atoms with Gasteiger partial charge in [-0.15, -0.1) is 11.3 Å². The highest BCUT2D eigenvalue weighted by atomic mass is 32.1. The average molecular weight is 259 g/mol. The van der Waals surface area contributed by atoms with Gasteiger partial charge in [0.15, 0.2) is 0 Å². The van der Waals surface area contributed by atoms with Crippen LogP contribution in [0.15, 0.2) is 29.6 Å². The van der Waals surface area contributed by atoms with Crippen molar-refractivity contribution in [2.45, 2.75) is 13.5 Å². The summed E-state index contributed by atoms with van der Waals surface area (Å²) in [5, 5.41) is 3.30. The standard InChI is InChI=1S/C14H13NO2S/c1-3-15-11-6-7-18-13(11)10-5-4-9(8-12(10)15)14(16)17-2/h4-8H,3H2,1-2H3. The van der Waals surface area contributed by atoms with Crippen LogP contribution in [-0.4, -0.2) is 17.6 Å². The third-order valence-corrected chi connectivity index (χ3v) is 4.14. The van der Waals surface area contributed by atoms with Crippen LogP contribution in [0.3, 0.4) is 0 Å². The molecule has 2 heterocycles. The Morgan fingerprint density at radius 1 is 1.33 bits per heavy atom. The summed E-state index contributed by atoms with van der Waals surface area (Å²) in [5.74, 6) is -0.288. The molecule has 0 radical (unpaired) electrons. The molecule has 0 N–H and O–H groups in total. The number of benzene rings is 1. The van der Waals surface area contributed by atoms with Crippen molar-refractivity contribution in [2.24, 2.45) is 0 Å². The van der Waals surface area contributed by atoms with Gasteiger partial charge in [0.2, 0.25) is 0 Å². The van der Waals surface area contributed by atoms with E-state index in [1.54, 1.807) is 11.3 Å². The molecule has 0 amide bonds. The molecule has 92 valence electrons. The van der Waals surface area contributed by atoms with E-state index in [0.717, 1.165) is 12.1 Å². The van der Waals surface area contributed by atoms with Gasteiger partial charge in [0.1, 0.15) is 0 Å². The summed E-state index contributed by atoms with van der Waals surface area (Å²) in [4.78, 5) is 11.6. The van der Waals surface area contributed by atoms with Crippen LogP contribution in [0, 0.1) is 0 Å². The lowest BCUT2D eigenvalue weighted by Crippen LogP contribution is -2.01. The molecule has 0 saturated carbocycles. The van der Waals surface area contributed by atoms with Crippen LogP contribution < -0.4 is 0 Å². The lowest BCUT2D eigenvalue weighted by molar-refractivity contribution is 0.0601. The van der Waals surface area contributed by atoms with Crippen molar-refractivity contribution in [1.29, 1.82) is 0 Å². The minimum absolute atomic E-state index is 0.288. The molecule has 0 aliphatic rings. The van der Waals surface area contributed by atoms with Crippen LogP contribution >= 0.6 is 11.3 Å². The number of ether oxygens (including phenoxy) is 1. The van der Waals surface area contributed by atoms with Gasteiger partial charge in [0.25, 0.3) is 0 Å². The fourth-order valence-corrected chi connectivity index (χ4v) is 3.31. The zero-order chi connectivity index (χ0) is 12.7. The Labute approximate surface area is 109 Å². The smallest absolute Gasteiger partial charge is 0.337 e. The molecule has 0 aliphatic heterocycles. The number of methoxy groups -OCH3 is 1. The molecule has 1 aromatic carbocycles. The van der Waals surface area contributed by atoms with E-state index in [4.69, 9.17) is 4.74 Å². The lowest BCUT2D eigenvalue weighted by Gasteiger charge is -2.04. The predicted octanol–water partition coefficient (Wildman–Crippen LogP) is 3.66. The lowest BCUT2D eigenvalue weighted by atomic mass is 10.1. The Kier molecular flexibility index (Phi) is 2.59. The van der Waals surface area contributed by atoms with Gasteiger partial charge in [-0.05, 0) is 30.5 Å². The molecule has 3 nitrogen and oxygen atoms in total. The zero-order valence-corrected chi connectivity index (χ0v) is 11.1. The maximum Gasteiger partial charge on any atom is 0.337 e. The second kappa shape index (κ2) is 4.14. The second-order valence-electron chi connectivity index (χ2n) is 4.10. The first-order valence-corrected chi connectivity index (χ1v) is 6.72. The minimum atomic E-state index is -0.288. The number of hydrogen-bond donors (Lipinski definition) is 0. The summed E-state index contributed by atoms with van der Waals surface area (Å²) in [6.07, 6.45) is 0. The summed E-state index contributed by atoms with van der Waals surface area (Å²) < 4.78 is 8.28. The van der Waals surface area contributed by atoms with E-state index >= 15 is 0 Å². The summed E-state index contributed by atoms with van der Waals surface area (Å²) in [7, 11) is 1.41. The highest BCUT2D eigenvalue weighted by molar-refractivity contribution is 7.18. The average Bonchev–Trinajstić information content (AvgIpc) is 2.96. The Morgan fingerprint density at radius 3 is 2.89 bits per heavy atom. The highest BCUT2D eigenvalue weighted by Crippen LogP contribution is 2.33. The molecule has 3 rings (SSSR count). The van der Waals surface area contributed by atoms with E-state index in [2.05, 4.69) is 22.9 Å². The van der Waals surface area contributed by atoms with Gasteiger partial charge in [0.05, 0.1) is 28.4 Å². The van der Waals surface area contributed by atoms with Crippen LogP contribution in [0.25, 0.3) is 21.1 Å². The fourth-order valence-electron chi connectivity index (χ4n) is 2.38. The number of aromatic nitrogens is 1. The Balaban J connectivity index is 2.36. The number of rotatable bonds is 2. The molecule has 0 saturated heterocycles. The second-order valence-corrected chi connectivity index (χ2v) is 5.02. The summed E-state index contributed by atoms with van der Waals surface area (Å²) in [5.41, 5.74) is 2.94. The first kappa shape index (κ1) is 11.3. The first-order valence-electron chi connectivity index (χ1n) is 5.84. The molecule has 3 aromatic rings. The van der Waals surface area contributed by atoms with Crippen molar-refractivity contribution in [1.82, 2.24) is 4.57 Å². The minimum Gasteiger partial charge on any atom is -0.465 e. The third-order valence-electron chi connectivity index (χ3n) is 3.21. The van der Waals surface area contributed by atoms with Crippen molar-refractivity contribution < 1.29 is 9.53 Å². The molecule has 0 unspecified atom stereocenters. The van der Waals surface area contributed by atoms with Gasteiger partial charge in [-0.25, -0.2) is 4.79 Å². The molecule has 0 fully saturated rings. The van der Waals surface area contributed by atoms with Gasteiger partial charge in [0, 0.05) is 11.9 Å². The SMILES string of the molecule is CCn1c2cc(C(=O)OC)ccc2c2sccc21. The maximum absolute atomic E-state index is 11.6. The van der Waals surface area contributed by atoms with Crippen LogP contribution in [0.5, 0.6) is 0 Å². The summed E-state index contributed by atoms with van der Waals surface area (Å²) in [6, 6.07) is 7.87. The number of thiophene rings is 1. The number of fused-ring (bicyclic) bond motifs is 3. The maximum atomic E-state index is 11.6. The number of hydrogen-bond acceptors (Lipinski definition) is 3. The van der Waals surface area contributed by atoms with Crippen LogP contribution in [0.4, 0.5) is 0 Å². The van der Waals surface area contributed by atoms with Crippen molar-refractivity contribution in [3.05, 3.63) is 35.2 Å². The number of carbonyl (C=O) groups excluding carboxylic acids is 1. The molecular formula is C14H13NO2S. The fraction of sp³-hybridized carbons (Fsp3) is 0.214. The third kappa shape index (κ3) is 1.46. The van der Waals surface area contributed by atoms with Crippen LogP contribution in [0.1, 0.15) is 17.3 Å². The van der Waals surface area contributed by atoms with Crippen LogP contribution in [-0.2, 0) is 11.3 Å². The normalized spacial score (nSPS) is 11.2. The zero-order valence-electron chi connectivity index (χ0n) is 10.3. The van der Waals surface area contributed by atoms with E-state index in [1.165, 1.54) is 22.7 Å². The van der Waals surface area contributed by atoms with E-state index in [9.17, 15) is 4.79 Å². The number of aryl methyl sites for hydroxylation is 1. The van der Waals surface area contributed by atoms with Crippen LogP contribution in [0.2, 0.25) is 0 Å². The molecule has 0 spiro atoms.